The second-order valence-corrected chi connectivity index (χ2v) is 5.76. The molecule has 0 aromatic heterocycles. The molecule has 1 saturated heterocycles. The van der Waals surface area contributed by atoms with Crippen molar-refractivity contribution in [3.05, 3.63) is 0 Å². The number of ether oxygens (including phenoxy) is 2. The number of methoxy groups -OCH3 is 2. The first-order valence-electron chi connectivity index (χ1n) is 7.06. The molecule has 1 aliphatic heterocycles. The quantitative estimate of drug-likeness (QED) is 0.706. The summed E-state index contributed by atoms with van der Waals surface area (Å²) in [6, 6.07) is 0. The molecule has 0 bridgehead atoms. The van der Waals surface area contributed by atoms with Gasteiger partial charge in [0.2, 0.25) is 0 Å². The predicted molar refractivity (Wildman–Crippen MR) is 69.0 cm³/mol. The van der Waals surface area contributed by atoms with Gasteiger partial charge in [-0.05, 0) is 44.2 Å². The Hall–Kier alpha value is -0.120. The fourth-order valence-electron chi connectivity index (χ4n) is 3.47. The second-order valence-electron chi connectivity index (χ2n) is 5.76. The molecule has 1 spiro atoms. The highest BCUT2D eigenvalue weighted by molar-refractivity contribution is 4.88. The molecule has 3 nitrogen and oxygen atoms in total. The Kier molecular flexibility index (Phi) is 4.83. The zero-order valence-electron chi connectivity index (χ0n) is 11.4. The minimum absolute atomic E-state index is 0.0598. The van der Waals surface area contributed by atoms with E-state index in [1.807, 2.05) is 0 Å². The van der Waals surface area contributed by atoms with Crippen LogP contribution in [0.4, 0.5) is 0 Å². The number of hydrogen-bond donors (Lipinski definition) is 0. The third kappa shape index (κ3) is 3.43. The third-order valence-corrected chi connectivity index (χ3v) is 4.76. The van der Waals surface area contributed by atoms with Crippen molar-refractivity contribution in [2.45, 2.75) is 51.2 Å². The third-order valence-electron chi connectivity index (χ3n) is 4.76. The SMILES string of the molecule is COC(CN1CCC2(CCCCC2)CC1)OC. The molecule has 1 saturated carbocycles. The summed E-state index contributed by atoms with van der Waals surface area (Å²) >= 11 is 0. The van der Waals surface area contributed by atoms with Crippen LogP contribution in [-0.2, 0) is 9.47 Å². The van der Waals surface area contributed by atoms with Crippen molar-refractivity contribution in [3.63, 3.8) is 0 Å². The molecule has 1 heterocycles. The van der Waals surface area contributed by atoms with Crippen LogP contribution >= 0.6 is 0 Å². The zero-order valence-corrected chi connectivity index (χ0v) is 11.4. The molecule has 2 fully saturated rings. The van der Waals surface area contributed by atoms with Crippen molar-refractivity contribution in [1.29, 1.82) is 0 Å². The number of nitrogens with zero attached hydrogens (tertiary/aromatic N) is 1. The average molecular weight is 241 g/mol. The van der Waals surface area contributed by atoms with Gasteiger partial charge in [0.25, 0.3) is 0 Å². The summed E-state index contributed by atoms with van der Waals surface area (Å²) < 4.78 is 10.6. The lowest BCUT2D eigenvalue weighted by atomic mass is 9.68. The lowest BCUT2D eigenvalue weighted by Gasteiger charge is -2.44. The molecule has 0 N–H and O–H groups in total. The molecule has 3 heteroatoms. The molecule has 17 heavy (non-hydrogen) atoms. The van der Waals surface area contributed by atoms with Gasteiger partial charge in [0.1, 0.15) is 0 Å². The summed E-state index contributed by atoms with van der Waals surface area (Å²) in [5.41, 5.74) is 0.699. The molecular formula is C14H27NO2. The van der Waals surface area contributed by atoms with E-state index >= 15 is 0 Å². The van der Waals surface area contributed by atoms with E-state index in [0.29, 0.717) is 5.41 Å². The number of piperidine rings is 1. The largest absolute Gasteiger partial charge is 0.355 e. The van der Waals surface area contributed by atoms with E-state index in [2.05, 4.69) is 4.90 Å². The maximum absolute atomic E-state index is 5.28. The van der Waals surface area contributed by atoms with E-state index in [4.69, 9.17) is 9.47 Å². The Morgan fingerprint density at radius 2 is 1.53 bits per heavy atom. The first-order valence-corrected chi connectivity index (χ1v) is 7.06. The van der Waals surface area contributed by atoms with E-state index < -0.39 is 0 Å². The number of likely N-dealkylation sites (tertiary alicyclic amines) is 1. The minimum Gasteiger partial charge on any atom is -0.355 e. The van der Waals surface area contributed by atoms with E-state index in [0.717, 1.165) is 6.54 Å². The zero-order chi connectivity index (χ0) is 12.1. The monoisotopic (exact) mass is 241 g/mol. The van der Waals surface area contributed by atoms with Crippen molar-refractivity contribution in [2.75, 3.05) is 33.9 Å². The van der Waals surface area contributed by atoms with Gasteiger partial charge >= 0.3 is 0 Å². The standard InChI is InChI=1S/C14H27NO2/c1-16-13(17-2)12-15-10-8-14(9-11-15)6-4-3-5-7-14/h13H,3-12H2,1-2H3. The van der Waals surface area contributed by atoms with Crippen LogP contribution in [0.1, 0.15) is 44.9 Å². The fraction of sp³-hybridized carbons (Fsp3) is 1.00. The Balaban J connectivity index is 1.77. The van der Waals surface area contributed by atoms with Gasteiger partial charge < -0.3 is 9.47 Å². The van der Waals surface area contributed by atoms with Gasteiger partial charge in [0.15, 0.2) is 6.29 Å². The van der Waals surface area contributed by atoms with Gasteiger partial charge in [-0.3, -0.25) is 4.90 Å². The topological polar surface area (TPSA) is 21.7 Å². The van der Waals surface area contributed by atoms with Crippen LogP contribution in [0.2, 0.25) is 0 Å². The van der Waals surface area contributed by atoms with E-state index in [9.17, 15) is 0 Å². The molecule has 2 aliphatic rings. The van der Waals surface area contributed by atoms with Crippen LogP contribution < -0.4 is 0 Å². The van der Waals surface area contributed by atoms with Crippen LogP contribution in [0, 0.1) is 5.41 Å². The molecule has 2 rings (SSSR count). The molecule has 0 unspecified atom stereocenters. The van der Waals surface area contributed by atoms with Crippen molar-refractivity contribution in [2.24, 2.45) is 5.41 Å². The van der Waals surface area contributed by atoms with E-state index in [1.54, 1.807) is 14.2 Å². The first kappa shape index (κ1) is 13.3. The minimum atomic E-state index is -0.0598. The summed E-state index contributed by atoms with van der Waals surface area (Å²) in [5, 5.41) is 0. The summed E-state index contributed by atoms with van der Waals surface area (Å²) in [5.74, 6) is 0. The maximum atomic E-state index is 5.28. The van der Waals surface area contributed by atoms with Gasteiger partial charge in [-0.2, -0.15) is 0 Å². The van der Waals surface area contributed by atoms with Gasteiger partial charge in [0, 0.05) is 20.8 Å². The number of rotatable bonds is 4. The molecule has 100 valence electrons. The van der Waals surface area contributed by atoms with Crippen molar-refractivity contribution >= 4 is 0 Å². The maximum Gasteiger partial charge on any atom is 0.169 e. The average Bonchev–Trinajstić information content (AvgIpc) is 2.39. The van der Waals surface area contributed by atoms with Crippen LogP contribution in [0.15, 0.2) is 0 Å². The molecule has 0 aromatic carbocycles. The van der Waals surface area contributed by atoms with E-state index in [-0.39, 0.29) is 6.29 Å². The van der Waals surface area contributed by atoms with Crippen LogP contribution in [0.25, 0.3) is 0 Å². The van der Waals surface area contributed by atoms with Gasteiger partial charge in [-0.25, -0.2) is 0 Å². The predicted octanol–water partition coefficient (Wildman–Crippen LogP) is 2.65. The van der Waals surface area contributed by atoms with Crippen molar-refractivity contribution < 1.29 is 9.47 Å². The highest BCUT2D eigenvalue weighted by atomic mass is 16.7. The van der Waals surface area contributed by atoms with Crippen LogP contribution in [0.3, 0.4) is 0 Å². The lowest BCUT2D eigenvalue weighted by Crippen LogP contribution is -2.44. The first-order chi connectivity index (χ1) is 8.28. The highest BCUT2D eigenvalue weighted by Gasteiger charge is 2.35. The summed E-state index contributed by atoms with van der Waals surface area (Å²) in [6.07, 6.45) is 10.0. The Morgan fingerprint density at radius 1 is 0.941 bits per heavy atom. The van der Waals surface area contributed by atoms with Gasteiger partial charge in [0.05, 0.1) is 0 Å². The van der Waals surface area contributed by atoms with Crippen molar-refractivity contribution in [1.82, 2.24) is 4.90 Å². The van der Waals surface area contributed by atoms with E-state index in [1.165, 1.54) is 58.0 Å². The fourth-order valence-corrected chi connectivity index (χ4v) is 3.47. The molecule has 0 aromatic rings. The smallest absolute Gasteiger partial charge is 0.169 e. The normalized spacial score (nSPS) is 25.6. The molecule has 0 atom stereocenters. The lowest BCUT2D eigenvalue weighted by molar-refractivity contribution is -0.121. The van der Waals surface area contributed by atoms with Gasteiger partial charge in [-0.15, -0.1) is 0 Å². The Morgan fingerprint density at radius 3 is 2.06 bits per heavy atom. The van der Waals surface area contributed by atoms with Gasteiger partial charge in [-0.1, -0.05) is 19.3 Å². The van der Waals surface area contributed by atoms with Crippen molar-refractivity contribution in [3.8, 4) is 0 Å². The Bertz CT molecular complexity index is 212. The molecule has 0 radical (unpaired) electrons. The number of hydrogen-bond acceptors (Lipinski definition) is 3. The van der Waals surface area contributed by atoms with Crippen LogP contribution in [0.5, 0.6) is 0 Å². The molecular weight excluding hydrogens is 214 g/mol. The summed E-state index contributed by atoms with van der Waals surface area (Å²) in [6.45, 7) is 3.37. The Labute approximate surface area is 105 Å². The summed E-state index contributed by atoms with van der Waals surface area (Å²) in [7, 11) is 3.45. The second kappa shape index (κ2) is 6.17. The molecule has 0 amide bonds. The van der Waals surface area contributed by atoms with Crippen LogP contribution in [-0.4, -0.2) is 45.0 Å². The molecule has 1 aliphatic carbocycles. The highest BCUT2D eigenvalue weighted by Crippen LogP contribution is 2.44. The summed E-state index contributed by atoms with van der Waals surface area (Å²) in [4.78, 5) is 2.50.